The van der Waals surface area contributed by atoms with Crippen LogP contribution in [0.4, 0.5) is 8.78 Å². The van der Waals surface area contributed by atoms with E-state index < -0.39 is 13.3 Å². The van der Waals surface area contributed by atoms with Gasteiger partial charge in [0.1, 0.15) is 24.8 Å². The highest BCUT2D eigenvalue weighted by atomic mass is 79.9. The third kappa shape index (κ3) is 6.20. The molecule has 0 radical (unpaired) electrons. The SMILES string of the molecule is Br.COc1cc(CN(CCF)CCF)cc(OC)c1. The van der Waals surface area contributed by atoms with E-state index in [0.717, 1.165) is 5.56 Å². The quantitative estimate of drug-likeness (QED) is 0.726. The molecule has 0 spiro atoms. The fourth-order valence-electron chi connectivity index (χ4n) is 1.72. The third-order valence-corrected chi connectivity index (χ3v) is 2.62. The predicted molar refractivity (Wildman–Crippen MR) is 77.1 cm³/mol. The Morgan fingerprint density at radius 2 is 1.42 bits per heavy atom. The molecule has 1 rings (SSSR count). The van der Waals surface area contributed by atoms with E-state index >= 15 is 0 Å². The lowest BCUT2D eigenvalue weighted by molar-refractivity contribution is 0.220. The molecule has 6 heteroatoms. The predicted octanol–water partition coefficient (Wildman–Crippen LogP) is 3.02. The van der Waals surface area contributed by atoms with Crippen molar-refractivity contribution in [3.05, 3.63) is 23.8 Å². The molecule has 0 aliphatic heterocycles. The van der Waals surface area contributed by atoms with Crippen LogP contribution in [-0.2, 0) is 6.54 Å². The zero-order valence-corrected chi connectivity index (χ0v) is 12.9. The summed E-state index contributed by atoms with van der Waals surface area (Å²) in [4.78, 5) is 1.72. The summed E-state index contributed by atoms with van der Waals surface area (Å²) >= 11 is 0. The van der Waals surface area contributed by atoms with Crippen molar-refractivity contribution < 1.29 is 18.3 Å². The highest BCUT2D eigenvalue weighted by Gasteiger charge is 2.08. The number of nitrogens with zero attached hydrogens (tertiary/aromatic N) is 1. The minimum absolute atomic E-state index is 0. The molecule has 0 aliphatic rings. The van der Waals surface area contributed by atoms with Crippen LogP contribution in [-0.4, -0.2) is 45.6 Å². The van der Waals surface area contributed by atoms with Gasteiger partial charge in [0.05, 0.1) is 14.2 Å². The minimum Gasteiger partial charge on any atom is -0.497 e. The monoisotopic (exact) mass is 339 g/mol. The molecule has 1 aromatic rings. The molecule has 0 aliphatic carbocycles. The number of benzene rings is 1. The van der Waals surface area contributed by atoms with Gasteiger partial charge in [-0.25, -0.2) is 8.78 Å². The van der Waals surface area contributed by atoms with Crippen LogP contribution in [0, 0.1) is 0 Å². The van der Waals surface area contributed by atoms with E-state index in [0.29, 0.717) is 18.0 Å². The highest BCUT2D eigenvalue weighted by Crippen LogP contribution is 2.23. The summed E-state index contributed by atoms with van der Waals surface area (Å²) in [5.41, 5.74) is 0.910. The van der Waals surface area contributed by atoms with E-state index in [1.807, 2.05) is 12.1 Å². The molecule has 0 atom stereocenters. The topological polar surface area (TPSA) is 21.7 Å². The number of methoxy groups -OCH3 is 2. The highest BCUT2D eigenvalue weighted by molar-refractivity contribution is 8.93. The van der Waals surface area contributed by atoms with E-state index in [-0.39, 0.29) is 30.1 Å². The Bertz CT molecular complexity index is 338. The summed E-state index contributed by atoms with van der Waals surface area (Å²) in [5, 5.41) is 0. The number of rotatable bonds is 8. The molecule has 0 N–H and O–H groups in total. The van der Waals surface area contributed by atoms with Crippen molar-refractivity contribution in [3.63, 3.8) is 0 Å². The Hall–Kier alpha value is -0.880. The summed E-state index contributed by atoms with van der Waals surface area (Å²) in [5.74, 6) is 1.34. The maximum absolute atomic E-state index is 12.3. The maximum atomic E-state index is 12.3. The van der Waals surface area contributed by atoms with Gasteiger partial charge in [-0.05, 0) is 17.7 Å². The fraction of sp³-hybridized carbons (Fsp3) is 0.538. The average molecular weight is 340 g/mol. The van der Waals surface area contributed by atoms with Gasteiger partial charge >= 0.3 is 0 Å². The summed E-state index contributed by atoms with van der Waals surface area (Å²) in [6.07, 6.45) is 0. The van der Waals surface area contributed by atoms with Gasteiger partial charge in [0.25, 0.3) is 0 Å². The molecule has 0 bridgehead atoms. The molecular formula is C13H20BrF2NO2. The van der Waals surface area contributed by atoms with Gasteiger partial charge in [-0.1, -0.05) is 0 Å². The first-order chi connectivity index (χ1) is 8.73. The second-order valence-corrected chi connectivity index (χ2v) is 3.88. The van der Waals surface area contributed by atoms with E-state index in [4.69, 9.17) is 9.47 Å². The molecule has 1 aromatic carbocycles. The van der Waals surface area contributed by atoms with Crippen molar-refractivity contribution in [2.24, 2.45) is 0 Å². The number of hydrogen-bond donors (Lipinski definition) is 0. The lowest BCUT2D eigenvalue weighted by atomic mass is 10.2. The Morgan fingerprint density at radius 1 is 0.947 bits per heavy atom. The number of halogens is 3. The molecule has 19 heavy (non-hydrogen) atoms. The summed E-state index contributed by atoms with van der Waals surface area (Å²) < 4.78 is 35.0. The summed E-state index contributed by atoms with van der Waals surface area (Å²) in [7, 11) is 3.14. The van der Waals surface area contributed by atoms with Crippen molar-refractivity contribution in [2.45, 2.75) is 6.54 Å². The molecule has 0 saturated heterocycles. The first kappa shape index (κ1) is 18.1. The Labute approximate surface area is 123 Å². The molecule has 0 saturated carbocycles. The van der Waals surface area contributed by atoms with Crippen molar-refractivity contribution in [1.29, 1.82) is 0 Å². The van der Waals surface area contributed by atoms with E-state index in [2.05, 4.69) is 0 Å². The van der Waals surface area contributed by atoms with Gasteiger partial charge in [0.15, 0.2) is 0 Å². The van der Waals surface area contributed by atoms with Crippen molar-refractivity contribution in [2.75, 3.05) is 40.7 Å². The van der Waals surface area contributed by atoms with Crippen LogP contribution in [0.15, 0.2) is 18.2 Å². The maximum Gasteiger partial charge on any atom is 0.122 e. The second kappa shape index (κ2) is 9.97. The lowest BCUT2D eigenvalue weighted by Crippen LogP contribution is -2.27. The molecule has 0 unspecified atom stereocenters. The van der Waals surface area contributed by atoms with Gasteiger partial charge in [0, 0.05) is 25.7 Å². The van der Waals surface area contributed by atoms with E-state index in [9.17, 15) is 8.78 Å². The zero-order chi connectivity index (χ0) is 13.4. The van der Waals surface area contributed by atoms with Gasteiger partial charge in [-0.2, -0.15) is 0 Å². The zero-order valence-electron chi connectivity index (χ0n) is 11.2. The van der Waals surface area contributed by atoms with Crippen LogP contribution in [0.3, 0.4) is 0 Å². The Morgan fingerprint density at radius 3 is 1.79 bits per heavy atom. The smallest absolute Gasteiger partial charge is 0.122 e. The molecule has 0 heterocycles. The van der Waals surface area contributed by atoms with Gasteiger partial charge in [-0.15, -0.1) is 17.0 Å². The van der Waals surface area contributed by atoms with Crippen molar-refractivity contribution in [1.82, 2.24) is 4.90 Å². The molecule has 0 aromatic heterocycles. The second-order valence-electron chi connectivity index (χ2n) is 3.88. The number of ether oxygens (including phenoxy) is 2. The molecular weight excluding hydrogens is 320 g/mol. The molecule has 3 nitrogen and oxygen atoms in total. The minimum atomic E-state index is -0.485. The van der Waals surface area contributed by atoms with Crippen molar-refractivity contribution >= 4 is 17.0 Å². The number of hydrogen-bond acceptors (Lipinski definition) is 3. The van der Waals surface area contributed by atoms with E-state index in [1.54, 1.807) is 25.2 Å². The third-order valence-electron chi connectivity index (χ3n) is 2.62. The van der Waals surface area contributed by atoms with Crippen LogP contribution in [0.1, 0.15) is 5.56 Å². The van der Waals surface area contributed by atoms with E-state index in [1.165, 1.54) is 0 Å². The normalized spacial score (nSPS) is 10.2. The summed E-state index contributed by atoms with van der Waals surface area (Å²) in [6.45, 7) is -0.0451. The average Bonchev–Trinajstić information content (AvgIpc) is 2.38. The van der Waals surface area contributed by atoms with Crippen LogP contribution in [0.25, 0.3) is 0 Å². The largest absolute Gasteiger partial charge is 0.497 e. The lowest BCUT2D eigenvalue weighted by Gasteiger charge is -2.20. The van der Waals surface area contributed by atoms with Crippen LogP contribution >= 0.6 is 17.0 Å². The molecule has 0 fully saturated rings. The number of alkyl halides is 2. The Balaban J connectivity index is 0.00000324. The first-order valence-corrected chi connectivity index (χ1v) is 5.79. The van der Waals surface area contributed by atoms with Crippen LogP contribution < -0.4 is 9.47 Å². The van der Waals surface area contributed by atoms with Crippen LogP contribution in [0.2, 0.25) is 0 Å². The van der Waals surface area contributed by atoms with Gasteiger partial charge in [-0.3, -0.25) is 4.90 Å². The summed E-state index contributed by atoms with van der Waals surface area (Å²) in [6, 6.07) is 5.44. The molecule has 0 amide bonds. The van der Waals surface area contributed by atoms with Crippen molar-refractivity contribution in [3.8, 4) is 11.5 Å². The first-order valence-electron chi connectivity index (χ1n) is 5.79. The Kier molecular flexibility index (Phi) is 9.51. The standard InChI is InChI=1S/C13H19F2NO2.BrH/c1-17-12-7-11(8-13(9-12)18-2)10-16(5-3-14)6-4-15;/h7-9H,3-6,10H2,1-2H3;1H. The fourth-order valence-corrected chi connectivity index (χ4v) is 1.72. The van der Waals surface area contributed by atoms with Gasteiger partial charge < -0.3 is 9.47 Å². The van der Waals surface area contributed by atoms with Crippen LogP contribution in [0.5, 0.6) is 11.5 Å². The molecule has 110 valence electrons. The van der Waals surface area contributed by atoms with Gasteiger partial charge in [0.2, 0.25) is 0 Å².